The number of rotatable bonds is 5. The van der Waals surface area contributed by atoms with E-state index in [0.29, 0.717) is 6.61 Å². The van der Waals surface area contributed by atoms with Crippen LogP contribution in [-0.2, 0) is 23.9 Å². The van der Waals surface area contributed by atoms with Crippen molar-refractivity contribution in [1.82, 2.24) is 0 Å². The van der Waals surface area contributed by atoms with Crippen LogP contribution in [0.25, 0.3) is 0 Å². The zero-order valence-electron chi connectivity index (χ0n) is 10.5. The number of ether oxygens (including phenoxy) is 1. The molecule has 0 bridgehead atoms. The van der Waals surface area contributed by atoms with Crippen LogP contribution in [0.4, 0.5) is 0 Å². The molecule has 6 nitrogen and oxygen atoms in total. The van der Waals surface area contributed by atoms with Crippen LogP contribution in [0.2, 0.25) is 0 Å². The highest BCUT2D eigenvalue weighted by molar-refractivity contribution is 5.97. The van der Waals surface area contributed by atoms with Gasteiger partial charge in [-0.1, -0.05) is 0 Å². The van der Waals surface area contributed by atoms with Gasteiger partial charge in [0.1, 0.15) is 23.9 Å². The van der Waals surface area contributed by atoms with Crippen LogP contribution >= 0.6 is 0 Å². The first kappa shape index (κ1) is 17.7. The smallest absolute Gasteiger partial charge is 0.316 e. The van der Waals surface area contributed by atoms with E-state index in [4.69, 9.17) is 5.11 Å². The van der Waals surface area contributed by atoms with Crippen molar-refractivity contribution in [3.05, 3.63) is 0 Å². The van der Waals surface area contributed by atoms with Crippen LogP contribution in [0.1, 0.15) is 34.1 Å². The van der Waals surface area contributed by atoms with Gasteiger partial charge in [0.2, 0.25) is 0 Å². The second-order valence-corrected chi connectivity index (χ2v) is 3.36. The molecule has 0 aromatic carbocycles. The van der Waals surface area contributed by atoms with Gasteiger partial charge in [-0.15, -0.1) is 0 Å². The van der Waals surface area contributed by atoms with Crippen molar-refractivity contribution in [2.75, 3.05) is 6.61 Å². The lowest BCUT2D eigenvalue weighted by Crippen LogP contribution is -2.20. The molecule has 1 atom stereocenters. The van der Waals surface area contributed by atoms with Crippen molar-refractivity contribution in [3.8, 4) is 0 Å². The summed E-state index contributed by atoms with van der Waals surface area (Å²) in [6.45, 7) is 6.21. The molecule has 0 amide bonds. The highest BCUT2D eigenvalue weighted by Gasteiger charge is 2.17. The lowest BCUT2D eigenvalue weighted by molar-refractivity contribution is -0.150. The van der Waals surface area contributed by atoms with Crippen LogP contribution in [0.3, 0.4) is 0 Å². The Bertz CT molecular complexity index is 282. The van der Waals surface area contributed by atoms with Crippen LogP contribution in [-0.4, -0.2) is 35.2 Å². The zero-order valence-corrected chi connectivity index (χ0v) is 10.5. The molecule has 0 aliphatic carbocycles. The molecular weight excluding hydrogens is 228 g/mol. The van der Waals surface area contributed by atoms with E-state index in [1.807, 2.05) is 0 Å². The molecule has 0 fully saturated rings. The van der Waals surface area contributed by atoms with Gasteiger partial charge in [0.25, 0.3) is 0 Å². The average Bonchev–Trinajstić information content (AvgIpc) is 2.15. The van der Waals surface area contributed by atoms with Crippen molar-refractivity contribution in [1.29, 1.82) is 0 Å². The standard InChI is InChI=1S/C7H12O3.C4H6O3/c1-4-10-7(9)5(2)6(3)8;1-3(5)2-4(6)7/h5H,4H2,1-3H3;2H2,1H3,(H,6,7). The minimum Gasteiger partial charge on any atom is -0.481 e. The maximum atomic E-state index is 10.7. The van der Waals surface area contributed by atoms with Gasteiger partial charge in [-0.2, -0.15) is 0 Å². The maximum Gasteiger partial charge on any atom is 0.316 e. The second-order valence-electron chi connectivity index (χ2n) is 3.36. The molecule has 0 radical (unpaired) electrons. The fraction of sp³-hybridized carbons (Fsp3) is 0.636. The minimum absolute atomic E-state index is 0.154. The number of aliphatic carboxylic acids is 1. The highest BCUT2D eigenvalue weighted by Crippen LogP contribution is 1.98. The van der Waals surface area contributed by atoms with Crippen LogP contribution in [0, 0.1) is 5.92 Å². The molecule has 1 N–H and O–H groups in total. The molecule has 17 heavy (non-hydrogen) atoms. The molecular formula is C11H18O6. The molecule has 0 saturated heterocycles. The van der Waals surface area contributed by atoms with E-state index in [-0.39, 0.29) is 18.0 Å². The van der Waals surface area contributed by atoms with Crippen LogP contribution < -0.4 is 0 Å². The topological polar surface area (TPSA) is 97.7 Å². The van der Waals surface area contributed by atoms with E-state index >= 15 is 0 Å². The summed E-state index contributed by atoms with van der Waals surface area (Å²) in [5.74, 6) is -2.58. The molecule has 6 heteroatoms. The van der Waals surface area contributed by atoms with Gasteiger partial charge in [-0.25, -0.2) is 0 Å². The Morgan fingerprint density at radius 2 is 1.65 bits per heavy atom. The molecule has 98 valence electrons. The zero-order chi connectivity index (χ0) is 14.0. The number of Topliss-reactive ketones (excluding diaryl/α,β-unsaturated/α-hetero) is 2. The summed E-state index contributed by atoms with van der Waals surface area (Å²) >= 11 is 0. The fourth-order valence-corrected chi connectivity index (χ4v) is 0.646. The molecule has 0 aromatic rings. The van der Waals surface area contributed by atoms with Gasteiger partial charge in [0, 0.05) is 0 Å². The Labute approximate surface area is 99.9 Å². The molecule has 0 aliphatic heterocycles. The van der Waals surface area contributed by atoms with Gasteiger partial charge in [0.05, 0.1) is 6.61 Å². The first-order chi connectivity index (χ1) is 7.72. The largest absolute Gasteiger partial charge is 0.481 e. The highest BCUT2D eigenvalue weighted by atomic mass is 16.5. The van der Waals surface area contributed by atoms with Gasteiger partial charge in [-0.3, -0.25) is 19.2 Å². The molecule has 0 saturated carbocycles. The number of carboxylic acids is 1. The number of carbonyl (C=O) groups is 4. The Kier molecular flexibility index (Phi) is 9.88. The van der Waals surface area contributed by atoms with Crippen molar-refractivity contribution in [2.24, 2.45) is 5.92 Å². The summed E-state index contributed by atoms with van der Waals surface area (Å²) in [4.78, 5) is 40.8. The average molecular weight is 246 g/mol. The lowest BCUT2D eigenvalue weighted by atomic mass is 10.1. The van der Waals surface area contributed by atoms with Crippen molar-refractivity contribution >= 4 is 23.5 Å². The summed E-state index contributed by atoms with van der Waals surface area (Å²) in [5, 5.41) is 7.86. The van der Waals surface area contributed by atoms with E-state index in [1.165, 1.54) is 13.8 Å². The number of carboxylic acid groups (broad SMARTS) is 1. The third-order valence-corrected chi connectivity index (χ3v) is 1.65. The van der Waals surface area contributed by atoms with Gasteiger partial charge in [0.15, 0.2) is 0 Å². The van der Waals surface area contributed by atoms with Gasteiger partial charge >= 0.3 is 11.9 Å². The molecule has 0 spiro atoms. The van der Waals surface area contributed by atoms with Crippen molar-refractivity contribution in [2.45, 2.75) is 34.1 Å². The number of hydrogen-bond acceptors (Lipinski definition) is 5. The Balaban J connectivity index is 0. The first-order valence-electron chi connectivity index (χ1n) is 5.10. The molecule has 0 rings (SSSR count). The second kappa shape index (κ2) is 9.50. The van der Waals surface area contributed by atoms with Crippen LogP contribution in [0.15, 0.2) is 0 Å². The summed E-state index contributed by atoms with van der Waals surface area (Å²) in [5.41, 5.74) is 0. The third kappa shape index (κ3) is 12.2. The normalized spacial score (nSPS) is 10.6. The van der Waals surface area contributed by atoms with E-state index < -0.39 is 17.9 Å². The number of esters is 1. The monoisotopic (exact) mass is 246 g/mol. The molecule has 0 heterocycles. The molecule has 0 aliphatic rings. The van der Waals surface area contributed by atoms with Gasteiger partial charge < -0.3 is 9.84 Å². The lowest BCUT2D eigenvalue weighted by Gasteiger charge is -2.04. The Morgan fingerprint density at radius 1 is 1.18 bits per heavy atom. The van der Waals surface area contributed by atoms with Crippen molar-refractivity contribution in [3.63, 3.8) is 0 Å². The first-order valence-corrected chi connectivity index (χ1v) is 5.10. The third-order valence-electron chi connectivity index (χ3n) is 1.65. The van der Waals surface area contributed by atoms with E-state index in [1.54, 1.807) is 13.8 Å². The van der Waals surface area contributed by atoms with E-state index in [0.717, 1.165) is 0 Å². The summed E-state index contributed by atoms with van der Waals surface area (Å²) in [7, 11) is 0. The minimum atomic E-state index is -1.06. The quantitative estimate of drug-likeness (QED) is 0.569. The number of hydrogen-bond donors (Lipinski definition) is 1. The van der Waals surface area contributed by atoms with E-state index in [2.05, 4.69) is 4.74 Å². The predicted molar refractivity (Wildman–Crippen MR) is 59.4 cm³/mol. The Morgan fingerprint density at radius 3 is 1.82 bits per heavy atom. The Hall–Kier alpha value is -1.72. The number of carbonyl (C=O) groups excluding carboxylic acids is 3. The van der Waals surface area contributed by atoms with E-state index in [9.17, 15) is 19.2 Å². The predicted octanol–water partition coefficient (Wildman–Crippen LogP) is 0.825. The number of ketones is 2. The summed E-state index contributed by atoms with van der Waals surface area (Å²) in [6.07, 6.45) is -0.361. The summed E-state index contributed by atoms with van der Waals surface area (Å²) in [6, 6.07) is 0. The van der Waals surface area contributed by atoms with Crippen molar-refractivity contribution < 1.29 is 29.0 Å². The van der Waals surface area contributed by atoms with Crippen LogP contribution in [0.5, 0.6) is 0 Å². The summed E-state index contributed by atoms with van der Waals surface area (Å²) < 4.78 is 4.61. The fourth-order valence-electron chi connectivity index (χ4n) is 0.646. The van der Waals surface area contributed by atoms with Gasteiger partial charge in [-0.05, 0) is 27.7 Å². The maximum absolute atomic E-state index is 10.7. The SMILES string of the molecule is CC(=O)CC(=O)O.CCOC(=O)C(C)C(C)=O. The molecule has 1 unspecified atom stereocenters. The molecule has 0 aromatic heterocycles.